The van der Waals surface area contributed by atoms with Gasteiger partial charge in [0.1, 0.15) is 9.98 Å². The van der Waals surface area contributed by atoms with Gasteiger partial charge < -0.3 is 0 Å². The van der Waals surface area contributed by atoms with Gasteiger partial charge in [0.15, 0.2) is 5.82 Å². The summed E-state index contributed by atoms with van der Waals surface area (Å²) in [5, 5.41) is 3.50. The van der Waals surface area contributed by atoms with Gasteiger partial charge in [-0.2, -0.15) is 0 Å². The van der Waals surface area contributed by atoms with Crippen molar-refractivity contribution in [1.82, 2.24) is 15.0 Å². The molecule has 0 aliphatic heterocycles. The minimum atomic E-state index is 0.507. The lowest BCUT2D eigenvalue weighted by Crippen LogP contribution is -1.90. The Bertz CT molecular complexity index is 679. The average molecular weight is 262 g/mol. The fourth-order valence-electron chi connectivity index (χ4n) is 1.66. The Morgan fingerprint density at radius 3 is 2.94 bits per heavy atom. The number of pyridine rings is 1. The maximum atomic E-state index is 6.19. The highest BCUT2D eigenvalue weighted by Crippen LogP contribution is 2.31. The minimum absolute atomic E-state index is 0.507. The van der Waals surface area contributed by atoms with E-state index in [9.17, 15) is 0 Å². The molecule has 0 spiro atoms. The monoisotopic (exact) mass is 261 g/mol. The van der Waals surface area contributed by atoms with Crippen LogP contribution in [0.2, 0.25) is 5.15 Å². The maximum Gasteiger partial charge on any atom is 0.164 e. The molecule has 84 valence electrons. The van der Waals surface area contributed by atoms with E-state index in [0.717, 1.165) is 21.3 Å². The first kappa shape index (κ1) is 10.6. The molecular weight excluding hydrogens is 254 g/mol. The lowest BCUT2D eigenvalue weighted by Gasteiger charge is -2.01. The van der Waals surface area contributed by atoms with Gasteiger partial charge in [0.05, 0.1) is 5.39 Å². The van der Waals surface area contributed by atoms with Crippen molar-refractivity contribution in [1.29, 1.82) is 0 Å². The van der Waals surface area contributed by atoms with Crippen molar-refractivity contribution in [3.63, 3.8) is 0 Å². The molecule has 0 unspecified atom stereocenters. The van der Waals surface area contributed by atoms with Crippen LogP contribution in [0.4, 0.5) is 0 Å². The normalized spacial score (nSPS) is 10.9. The maximum absolute atomic E-state index is 6.19. The largest absolute Gasteiger partial charge is 0.264 e. The molecule has 0 fully saturated rings. The van der Waals surface area contributed by atoms with Gasteiger partial charge in [0.25, 0.3) is 0 Å². The van der Waals surface area contributed by atoms with Crippen LogP contribution in [0.3, 0.4) is 0 Å². The lowest BCUT2D eigenvalue weighted by atomic mass is 10.2. The van der Waals surface area contributed by atoms with E-state index in [1.807, 2.05) is 24.4 Å². The Morgan fingerprint density at radius 2 is 2.18 bits per heavy atom. The van der Waals surface area contributed by atoms with Gasteiger partial charge >= 0.3 is 0 Å². The van der Waals surface area contributed by atoms with E-state index in [2.05, 4.69) is 15.0 Å². The minimum Gasteiger partial charge on any atom is -0.264 e. The zero-order valence-electron chi connectivity index (χ0n) is 9.01. The molecule has 17 heavy (non-hydrogen) atoms. The molecule has 3 rings (SSSR count). The molecule has 0 N–H and O–H groups in total. The van der Waals surface area contributed by atoms with Crippen molar-refractivity contribution in [2.24, 2.45) is 0 Å². The predicted molar refractivity (Wildman–Crippen MR) is 70.4 cm³/mol. The molecule has 0 atom stereocenters. The van der Waals surface area contributed by atoms with Crippen molar-refractivity contribution in [2.75, 3.05) is 0 Å². The number of nitrogens with zero attached hydrogens (tertiary/aromatic N) is 3. The molecular formula is C12H8ClN3S. The van der Waals surface area contributed by atoms with Crippen LogP contribution in [0.1, 0.15) is 5.56 Å². The fourth-order valence-corrected chi connectivity index (χ4v) is 2.95. The van der Waals surface area contributed by atoms with Crippen LogP contribution in [0.15, 0.2) is 29.9 Å². The zero-order valence-corrected chi connectivity index (χ0v) is 10.6. The summed E-state index contributed by atoms with van der Waals surface area (Å²) in [6.07, 6.45) is 3.46. The highest BCUT2D eigenvalue weighted by molar-refractivity contribution is 7.17. The SMILES string of the molecule is Cc1csc2nc(-c3cccnc3)nc(Cl)c12. The van der Waals surface area contributed by atoms with Crippen LogP contribution in [-0.4, -0.2) is 15.0 Å². The van der Waals surface area contributed by atoms with Gasteiger partial charge in [-0.1, -0.05) is 11.6 Å². The summed E-state index contributed by atoms with van der Waals surface area (Å²) in [5.74, 6) is 0.623. The number of hydrogen-bond acceptors (Lipinski definition) is 4. The molecule has 3 aromatic heterocycles. The van der Waals surface area contributed by atoms with Crippen LogP contribution in [0, 0.1) is 6.92 Å². The first-order valence-electron chi connectivity index (χ1n) is 5.07. The first-order valence-corrected chi connectivity index (χ1v) is 6.33. The van der Waals surface area contributed by atoms with Crippen LogP contribution in [0.5, 0.6) is 0 Å². The van der Waals surface area contributed by atoms with Crippen molar-refractivity contribution in [3.8, 4) is 11.4 Å². The average Bonchev–Trinajstić information content (AvgIpc) is 2.73. The van der Waals surface area contributed by atoms with E-state index in [1.54, 1.807) is 23.7 Å². The fraction of sp³-hybridized carbons (Fsp3) is 0.0833. The van der Waals surface area contributed by atoms with Gasteiger partial charge in [-0.3, -0.25) is 4.98 Å². The van der Waals surface area contributed by atoms with Gasteiger partial charge in [-0.15, -0.1) is 11.3 Å². The number of hydrogen-bond donors (Lipinski definition) is 0. The Morgan fingerprint density at radius 1 is 1.29 bits per heavy atom. The number of fused-ring (bicyclic) bond motifs is 1. The van der Waals surface area contributed by atoms with E-state index in [-0.39, 0.29) is 0 Å². The summed E-state index contributed by atoms with van der Waals surface area (Å²) in [4.78, 5) is 13.8. The summed E-state index contributed by atoms with van der Waals surface area (Å²) in [6.45, 7) is 2.01. The molecule has 3 heterocycles. The molecule has 0 radical (unpaired) electrons. The van der Waals surface area contributed by atoms with Crippen molar-refractivity contribution in [3.05, 3.63) is 40.6 Å². The Hall–Kier alpha value is -1.52. The van der Waals surface area contributed by atoms with Crippen molar-refractivity contribution < 1.29 is 0 Å². The highest BCUT2D eigenvalue weighted by Gasteiger charge is 2.11. The smallest absolute Gasteiger partial charge is 0.164 e. The second-order valence-electron chi connectivity index (χ2n) is 3.68. The summed E-state index contributed by atoms with van der Waals surface area (Å²) >= 11 is 7.77. The molecule has 0 aliphatic rings. The molecule has 0 aliphatic carbocycles. The Labute approximate surface area is 107 Å². The number of halogens is 1. The topological polar surface area (TPSA) is 38.7 Å². The molecule has 0 saturated carbocycles. The molecule has 0 aromatic carbocycles. The van der Waals surface area contributed by atoms with E-state index in [4.69, 9.17) is 11.6 Å². The first-order chi connectivity index (χ1) is 8.25. The van der Waals surface area contributed by atoms with Crippen LogP contribution < -0.4 is 0 Å². The van der Waals surface area contributed by atoms with Gasteiger partial charge in [-0.05, 0) is 30.0 Å². The third-order valence-corrected chi connectivity index (χ3v) is 3.76. The van der Waals surface area contributed by atoms with Crippen molar-refractivity contribution >= 4 is 33.2 Å². The van der Waals surface area contributed by atoms with Crippen LogP contribution in [0.25, 0.3) is 21.6 Å². The molecule has 3 nitrogen and oxygen atoms in total. The second kappa shape index (κ2) is 4.05. The summed E-state index contributed by atoms with van der Waals surface area (Å²) in [6, 6.07) is 3.78. The lowest BCUT2D eigenvalue weighted by molar-refractivity contribution is 1.21. The van der Waals surface area contributed by atoms with E-state index >= 15 is 0 Å². The van der Waals surface area contributed by atoms with Gasteiger partial charge in [0, 0.05) is 18.0 Å². The third kappa shape index (κ3) is 1.79. The standard InChI is InChI=1S/C12H8ClN3S/c1-7-6-17-12-9(7)10(13)15-11(16-12)8-3-2-4-14-5-8/h2-6H,1H3. The van der Waals surface area contributed by atoms with Gasteiger partial charge in [-0.25, -0.2) is 9.97 Å². The Balaban J connectivity index is 2.26. The third-order valence-electron chi connectivity index (χ3n) is 2.49. The molecule has 5 heteroatoms. The summed E-state index contributed by atoms with van der Waals surface area (Å²) in [5.41, 5.74) is 2.00. The number of aryl methyl sites for hydroxylation is 1. The van der Waals surface area contributed by atoms with E-state index in [1.165, 1.54) is 0 Å². The van der Waals surface area contributed by atoms with Crippen LogP contribution in [-0.2, 0) is 0 Å². The van der Waals surface area contributed by atoms with E-state index in [0.29, 0.717) is 11.0 Å². The number of rotatable bonds is 1. The summed E-state index contributed by atoms with van der Waals surface area (Å²) in [7, 11) is 0. The highest BCUT2D eigenvalue weighted by atomic mass is 35.5. The van der Waals surface area contributed by atoms with Crippen LogP contribution >= 0.6 is 22.9 Å². The molecule has 0 saturated heterocycles. The van der Waals surface area contributed by atoms with Crippen molar-refractivity contribution in [2.45, 2.75) is 6.92 Å². The van der Waals surface area contributed by atoms with Gasteiger partial charge in [0.2, 0.25) is 0 Å². The second-order valence-corrected chi connectivity index (χ2v) is 4.89. The predicted octanol–water partition coefficient (Wildman–Crippen LogP) is 3.72. The quantitative estimate of drug-likeness (QED) is 0.627. The molecule has 0 amide bonds. The number of aromatic nitrogens is 3. The van der Waals surface area contributed by atoms with E-state index < -0.39 is 0 Å². The molecule has 3 aromatic rings. The zero-order chi connectivity index (χ0) is 11.8. The Kier molecular flexibility index (Phi) is 2.53. The summed E-state index contributed by atoms with van der Waals surface area (Å²) < 4.78 is 0. The molecule has 0 bridgehead atoms. The number of thiophene rings is 1.